The van der Waals surface area contributed by atoms with Gasteiger partial charge in [-0.25, -0.2) is 4.39 Å². The van der Waals surface area contributed by atoms with Crippen molar-refractivity contribution in [2.75, 3.05) is 6.54 Å². The second-order valence-corrected chi connectivity index (χ2v) is 7.47. The van der Waals surface area contributed by atoms with Crippen molar-refractivity contribution >= 4 is 23.2 Å². The van der Waals surface area contributed by atoms with Crippen LogP contribution in [0.1, 0.15) is 30.4 Å². The number of carbonyl (C=O) groups excluding carboxylic acids is 1. The van der Waals surface area contributed by atoms with Crippen LogP contribution in [0.15, 0.2) is 53.7 Å². The Bertz CT molecular complexity index is 882. The lowest BCUT2D eigenvalue weighted by molar-refractivity contribution is -0.135. The van der Waals surface area contributed by atoms with Gasteiger partial charge in [0.1, 0.15) is 5.82 Å². The summed E-state index contributed by atoms with van der Waals surface area (Å²) in [6.07, 6.45) is 2.18. The predicted octanol–water partition coefficient (Wildman–Crippen LogP) is 4.41. The lowest BCUT2D eigenvalue weighted by atomic mass is 10.0. The van der Waals surface area contributed by atoms with Crippen LogP contribution < -0.4 is 0 Å². The summed E-state index contributed by atoms with van der Waals surface area (Å²) in [6.45, 7) is 0.882. The molecule has 27 heavy (non-hydrogen) atoms. The molecule has 1 aliphatic carbocycles. The topological polar surface area (TPSA) is 41.9 Å². The van der Waals surface area contributed by atoms with E-state index in [-0.39, 0.29) is 23.7 Å². The number of carbonyl (C=O) groups is 1. The smallest absolute Gasteiger partial charge is 0.226 e. The Balaban J connectivity index is 1.45. The first-order chi connectivity index (χ1) is 13.1. The molecule has 1 amide bonds. The van der Waals surface area contributed by atoms with Crippen LogP contribution in [-0.4, -0.2) is 29.2 Å². The van der Waals surface area contributed by atoms with Gasteiger partial charge in [-0.05, 0) is 36.6 Å². The normalized spacial score (nSPS) is 18.7. The van der Waals surface area contributed by atoms with Gasteiger partial charge in [0.05, 0.1) is 12.3 Å². The van der Waals surface area contributed by atoms with Crippen molar-refractivity contribution in [3.8, 4) is 0 Å². The highest BCUT2D eigenvalue weighted by Gasteiger charge is 2.35. The van der Waals surface area contributed by atoms with E-state index >= 15 is 0 Å². The highest BCUT2D eigenvalue weighted by atomic mass is 35.5. The fourth-order valence-electron chi connectivity index (χ4n) is 3.26. The molecule has 1 atom stereocenters. The molecule has 0 spiro atoms. The van der Waals surface area contributed by atoms with Crippen molar-refractivity contribution in [1.82, 2.24) is 4.90 Å². The lowest BCUT2D eigenvalue weighted by Crippen LogP contribution is -2.38. The Morgan fingerprint density at radius 1 is 1.22 bits per heavy atom. The van der Waals surface area contributed by atoms with E-state index < -0.39 is 0 Å². The van der Waals surface area contributed by atoms with E-state index in [1.165, 1.54) is 12.1 Å². The Morgan fingerprint density at radius 2 is 2.04 bits per heavy atom. The SMILES string of the molecule is O=C(C1CC1)N(Cc1ccccc1Cl)C[C@@H]1CC(c2cccc(F)c2)=NO1. The molecular weight excluding hydrogens is 367 g/mol. The summed E-state index contributed by atoms with van der Waals surface area (Å²) in [7, 11) is 0. The number of rotatable bonds is 6. The monoisotopic (exact) mass is 386 g/mol. The van der Waals surface area contributed by atoms with E-state index in [4.69, 9.17) is 16.4 Å². The van der Waals surface area contributed by atoms with Crippen molar-refractivity contribution in [2.24, 2.45) is 11.1 Å². The summed E-state index contributed by atoms with van der Waals surface area (Å²) in [6, 6.07) is 13.9. The van der Waals surface area contributed by atoms with Crippen molar-refractivity contribution in [1.29, 1.82) is 0 Å². The highest BCUT2D eigenvalue weighted by Crippen LogP contribution is 2.32. The van der Waals surface area contributed by atoms with E-state index in [2.05, 4.69) is 5.16 Å². The first-order valence-electron chi connectivity index (χ1n) is 9.11. The third-order valence-corrected chi connectivity index (χ3v) is 5.24. The molecular formula is C21H20ClFN2O2. The molecule has 2 aromatic rings. The van der Waals surface area contributed by atoms with Crippen molar-refractivity contribution in [3.63, 3.8) is 0 Å². The van der Waals surface area contributed by atoms with Gasteiger partial charge < -0.3 is 9.74 Å². The predicted molar refractivity (Wildman–Crippen MR) is 102 cm³/mol. The molecule has 0 saturated heterocycles. The molecule has 1 saturated carbocycles. The maximum Gasteiger partial charge on any atom is 0.226 e. The van der Waals surface area contributed by atoms with Crippen LogP contribution in [0.4, 0.5) is 4.39 Å². The second-order valence-electron chi connectivity index (χ2n) is 7.06. The van der Waals surface area contributed by atoms with Crippen LogP contribution in [0.2, 0.25) is 5.02 Å². The number of hydrogen-bond donors (Lipinski definition) is 0. The zero-order valence-electron chi connectivity index (χ0n) is 14.8. The van der Waals surface area contributed by atoms with Gasteiger partial charge in [-0.2, -0.15) is 0 Å². The minimum absolute atomic E-state index is 0.109. The number of amides is 1. The Morgan fingerprint density at radius 3 is 2.78 bits per heavy atom. The molecule has 1 fully saturated rings. The van der Waals surface area contributed by atoms with E-state index in [0.29, 0.717) is 35.8 Å². The van der Waals surface area contributed by atoms with Crippen LogP contribution in [-0.2, 0) is 16.2 Å². The summed E-state index contributed by atoms with van der Waals surface area (Å²) in [5, 5.41) is 4.76. The largest absolute Gasteiger partial charge is 0.390 e. The number of nitrogens with zero attached hydrogens (tertiary/aromatic N) is 2. The van der Waals surface area contributed by atoms with E-state index in [1.54, 1.807) is 6.07 Å². The highest BCUT2D eigenvalue weighted by molar-refractivity contribution is 6.31. The molecule has 4 rings (SSSR count). The average molecular weight is 387 g/mol. The second kappa shape index (κ2) is 7.69. The van der Waals surface area contributed by atoms with Gasteiger partial charge in [0, 0.05) is 29.5 Å². The van der Waals surface area contributed by atoms with Gasteiger partial charge in [-0.3, -0.25) is 4.79 Å². The average Bonchev–Trinajstić information content (AvgIpc) is 3.41. The van der Waals surface area contributed by atoms with E-state index in [0.717, 1.165) is 18.4 Å². The van der Waals surface area contributed by atoms with Gasteiger partial charge in [-0.1, -0.05) is 47.1 Å². The fourth-order valence-corrected chi connectivity index (χ4v) is 3.46. The van der Waals surface area contributed by atoms with Crippen molar-refractivity contribution in [3.05, 3.63) is 70.5 Å². The van der Waals surface area contributed by atoms with Crippen LogP contribution >= 0.6 is 11.6 Å². The molecule has 6 heteroatoms. The third-order valence-electron chi connectivity index (χ3n) is 4.87. The van der Waals surface area contributed by atoms with Crippen molar-refractivity contribution in [2.45, 2.75) is 31.9 Å². The number of hydrogen-bond acceptors (Lipinski definition) is 3. The number of oxime groups is 1. The molecule has 1 aliphatic heterocycles. The zero-order chi connectivity index (χ0) is 18.8. The molecule has 0 bridgehead atoms. The summed E-state index contributed by atoms with van der Waals surface area (Å²) >= 11 is 6.28. The van der Waals surface area contributed by atoms with Crippen LogP contribution in [0.5, 0.6) is 0 Å². The molecule has 1 heterocycles. The minimum atomic E-state index is -0.303. The lowest BCUT2D eigenvalue weighted by Gasteiger charge is -2.25. The first-order valence-corrected chi connectivity index (χ1v) is 9.49. The van der Waals surface area contributed by atoms with Gasteiger partial charge in [0.2, 0.25) is 5.91 Å². The van der Waals surface area contributed by atoms with Crippen LogP contribution in [0.3, 0.4) is 0 Å². The molecule has 0 aromatic heterocycles. The van der Waals surface area contributed by atoms with E-state index in [1.807, 2.05) is 35.2 Å². The standard InChI is InChI=1S/C21H20ClFN2O2/c22-19-7-2-1-4-16(19)12-25(21(26)14-8-9-14)13-18-11-20(24-27-18)15-5-3-6-17(23)10-15/h1-7,10,14,18H,8-9,11-13H2/t18-/m0/s1. The molecule has 2 aliphatic rings. The molecule has 0 unspecified atom stereocenters. The maximum atomic E-state index is 13.4. The van der Waals surface area contributed by atoms with E-state index in [9.17, 15) is 9.18 Å². The third kappa shape index (κ3) is 4.30. The molecule has 4 nitrogen and oxygen atoms in total. The van der Waals surface area contributed by atoms with Crippen LogP contribution in [0.25, 0.3) is 0 Å². The first kappa shape index (κ1) is 18.0. The number of halogens is 2. The molecule has 0 radical (unpaired) electrons. The summed E-state index contributed by atoms with van der Waals surface area (Å²) in [5.41, 5.74) is 2.33. The fraction of sp³-hybridized carbons (Fsp3) is 0.333. The Kier molecular flexibility index (Phi) is 5.12. The summed E-state index contributed by atoms with van der Waals surface area (Å²) in [5.74, 6) is -0.0573. The quantitative estimate of drug-likeness (QED) is 0.737. The number of benzene rings is 2. The van der Waals surface area contributed by atoms with Gasteiger partial charge in [-0.15, -0.1) is 0 Å². The zero-order valence-corrected chi connectivity index (χ0v) is 15.5. The van der Waals surface area contributed by atoms with Gasteiger partial charge in [0.25, 0.3) is 0 Å². The molecule has 140 valence electrons. The molecule has 2 aromatic carbocycles. The Labute approximate surface area is 162 Å². The summed E-state index contributed by atoms with van der Waals surface area (Å²) < 4.78 is 13.4. The maximum absolute atomic E-state index is 13.4. The molecule has 0 N–H and O–H groups in total. The summed E-state index contributed by atoms with van der Waals surface area (Å²) in [4.78, 5) is 20.1. The van der Waals surface area contributed by atoms with Crippen molar-refractivity contribution < 1.29 is 14.0 Å². The van der Waals surface area contributed by atoms with Gasteiger partial charge >= 0.3 is 0 Å². The van der Waals surface area contributed by atoms with Crippen LogP contribution in [0, 0.1) is 11.7 Å². The minimum Gasteiger partial charge on any atom is -0.390 e. The van der Waals surface area contributed by atoms with Gasteiger partial charge in [0.15, 0.2) is 6.10 Å². The Hall–Kier alpha value is -2.40.